The van der Waals surface area contributed by atoms with Crippen molar-refractivity contribution in [2.45, 2.75) is 6.92 Å². The summed E-state index contributed by atoms with van der Waals surface area (Å²) >= 11 is 0. The highest BCUT2D eigenvalue weighted by molar-refractivity contribution is 6.25. The molecule has 0 saturated heterocycles. The number of aryl methyl sites for hydroxylation is 1. The zero-order chi connectivity index (χ0) is 23.9. The first-order valence-corrected chi connectivity index (χ1v) is 11.6. The molecule has 168 valence electrons. The maximum atomic E-state index is 11.6. The van der Waals surface area contributed by atoms with Gasteiger partial charge in [-0.15, -0.1) is 0 Å². The average Bonchev–Trinajstić information content (AvgIpc) is 2.90. The summed E-state index contributed by atoms with van der Waals surface area (Å²) in [6, 6.07) is 35.8. The van der Waals surface area contributed by atoms with E-state index in [0.717, 1.165) is 23.1 Å². The second-order valence-electron chi connectivity index (χ2n) is 8.73. The lowest BCUT2D eigenvalue weighted by atomic mass is 9.93. The molecule has 0 atom stereocenters. The Morgan fingerprint density at radius 2 is 1.29 bits per heavy atom. The second kappa shape index (κ2) is 8.30. The molecule has 0 aromatic heterocycles. The number of esters is 1. The van der Waals surface area contributed by atoms with Crippen LogP contribution in [0.25, 0.3) is 32.3 Å². The smallest absolute Gasteiger partial charge is 0.335 e. The zero-order valence-corrected chi connectivity index (χ0v) is 19.4. The fourth-order valence-corrected chi connectivity index (χ4v) is 4.86. The molecule has 0 aliphatic carbocycles. The van der Waals surface area contributed by atoms with Crippen LogP contribution in [0.4, 0.5) is 17.1 Å². The Bertz CT molecular complexity index is 1680. The van der Waals surface area contributed by atoms with Gasteiger partial charge in [-0.2, -0.15) is 0 Å². The fraction of sp³-hybridized carbons (Fsp3) is 0.0312. The van der Waals surface area contributed by atoms with E-state index in [1.165, 1.54) is 37.9 Å². The summed E-state index contributed by atoms with van der Waals surface area (Å²) in [5.41, 5.74) is 4.33. The molecule has 0 N–H and O–H groups in total. The first kappa shape index (κ1) is 20.9. The van der Waals surface area contributed by atoms with E-state index in [2.05, 4.69) is 97.3 Å². The first-order chi connectivity index (χ1) is 17.1. The highest BCUT2D eigenvalue weighted by Gasteiger charge is 2.18. The minimum atomic E-state index is -0.472. The van der Waals surface area contributed by atoms with E-state index in [4.69, 9.17) is 4.74 Å². The second-order valence-corrected chi connectivity index (χ2v) is 8.73. The van der Waals surface area contributed by atoms with Gasteiger partial charge in [0.05, 0.1) is 5.69 Å². The normalized spacial score (nSPS) is 11.2. The largest absolute Gasteiger partial charge is 0.423 e. The molecule has 35 heavy (non-hydrogen) atoms. The SMILES string of the molecule is C=CC(=O)Oc1ccc(N(c2ccc(C)cc2)c2ccc3ccc4cccc5ccc2c3c45)cc1. The summed E-state index contributed by atoms with van der Waals surface area (Å²) in [4.78, 5) is 13.9. The van der Waals surface area contributed by atoms with Gasteiger partial charge in [0.25, 0.3) is 0 Å². The van der Waals surface area contributed by atoms with Gasteiger partial charge >= 0.3 is 5.97 Å². The van der Waals surface area contributed by atoms with Gasteiger partial charge in [-0.3, -0.25) is 0 Å². The van der Waals surface area contributed by atoms with E-state index >= 15 is 0 Å². The van der Waals surface area contributed by atoms with E-state index in [9.17, 15) is 4.79 Å². The molecule has 3 nitrogen and oxygen atoms in total. The Balaban J connectivity index is 1.58. The third-order valence-corrected chi connectivity index (χ3v) is 6.52. The number of anilines is 3. The molecule has 0 amide bonds. The van der Waals surface area contributed by atoms with E-state index in [1.54, 1.807) is 0 Å². The molecule has 0 saturated carbocycles. The highest BCUT2D eigenvalue weighted by Crippen LogP contribution is 2.43. The van der Waals surface area contributed by atoms with Crippen LogP contribution in [0.5, 0.6) is 5.75 Å². The molecule has 3 heteroatoms. The lowest BCUT2D eigenvalue weighted by molar-refractivity contribution is -0.128. The fourth-order valence-electron chi connectivity index (χ4n) is 4.86. The third kappa shape index (κ3) is 3.58. The first-order valence-electron chi connectivity index (χ1n) is 11.6. The lowest BCUT2D eigenvalue weighted by Gasteiger charge is -2.28. The molecular weight excluding hydrogens is 430 g/mol. The van der Waals surface area contributed by atoms with E-state index in [-0.39, 0.29) is 0 Å². The molecule has 0 aliphatic heterocycles. The number of ether oxygens (including phenoxy) is 1. The monoisotopic (exact) mass is 453 g/mol. The number of carbonyl (C=O) groups excluding carboxylic acids is 1. The van der Waals surface area contributed by atoms with Crippen LogP contribution < -0.4 is 9.64 Å². The number of benzene rings is 6. The van der Waals surface area contributed by atoms with E-state index < -0.39 is 5.97 Å². The standard InChI is InChI=1S/C32H23NO2/c1-3-30(34)35-27-17-15-26(16-18-27)33(25-13-7-21(2)8-14-25)29-20-12-24-10-9-22-5-4-6-23-11-19-28(29)32(24)31(22)23/h3-20H,1H2,2H3. The van der Waals surface area contributed by atoms with Crippen LogP contribution in [0.1, 0.15) is 5.56 Å². The van der Waals surface area contributed by atoms with Crippen LogP contribution in [-0.2, 0) is 4.79 Å². The van der Waals surface area contributed by atoms with Crippen LogP contribution in [0.3, 0.4) is 0 Å². The molecule has 6 aromatic carbocycles. The van der Waals surface area contributed by atoms with Gasteiger partial charge in [0.1, 0.15) is 5.75 Å². The highest BCUT2D eigenvalue weighted by atomic mass is 16.5. The maximum Gasteiger partial charge on any atom is 0.335 e. The Hall–Kier alpha value is -4.63. The van der Waals surface area contributed by atoms with Gasteiger partial charge in [0.2, 0.25) is 0 Å². The number of hydrogen-bond donors (Lipinski definition) is 0. The van der Waals surface area contributed by atoms with Gasteiger partial charge in [-0.25, -0.2) is 4.79 Å². The van der Waals surface area contributed by atoms with Crippen LogP contribution in [0.15, 0.2) is 116 Å². The van der Waals surface area contributed by atoms with Crippen molar-refractivity contribution in [3.05, 3.63) is 121 Å². The molecule has 0 heterocycles. The summed E-state index contributed by atoms with van der Waals surface area (Å²) in [5.74, 6) is 0.0119. The molecule has 0 fully saturated rings. The van der Waals surface area contributed by atoms with Crippen LogP contribution in [0, 0.1) is 6.92 Å². The quantitative estimate of drug-likeness (QED) is 0.113. The minimum Gasteiger partial charge on any atom is -0.423 e. The molecule has 6 rings (SSSR count). The summed E-state index contributed by atoms with van der Waals surface area (Å²) in [7, 11) is 0. The molecule has 0 bridgehead atoms. The number of rotatable bonds is 5. The van der Waals surface area contributed by atoms with Crippen molar-refractivity contribution >= 4 is 55.3 Å². The Morgan fingerprint density at radius 3 is 1.94 bits per heavy atom. The van der Waals surface area contributed by atoms with Crippen molar-refractivity contribution in [1.29, 1.82) is 0 Å². The molecule has 0 unspecified atom stereocenters. The van der Waals surface area contributed by atoms with Crippen molar-refractivity contribution in [3.8, 4) is 5.75 Å². The Kier molecular flexibility index (Phi) is 4.97. The van der Waals surface area contributed by atoms with E-state index in [1.807, 2.05) is 24.3 Å². The van der Waals surface area contributed by atoms with Crippen LogP contribution >= 0.6 is 0 Å². The van der Waals surface area contributed by atoms with Gasteiger partial charge in [0, 0.05) is 22.8 Å². The Labute approximate surface area is 203 Å². The minimum absolute atomic E-state index is 0.472. The predicted octanol–water partition coefficient (Wildman–Crippen LogP) is 8.45. The van der Waals surface area contributed by atoms with Gasteiger partial charge < -0.3 is 9.64 Å². The molecule has 0 aliphatic rings. The third-order valence-electron chi connectivity index (χ3n) is 6.52. The van der Waals surface area contributed by atoms with Gasteiger partial charge in [0.15, 0.2) is 0 Å². The van der Waals surface area contributed by atoms with Crippen molar-refractivity contribution in [3.63, 3.8) is 0 Å². The van der Waals surface area contributed by atoms with Crippen molar-refractivity contribution < 1.29 is 9.53 Å². The number of hydrogen-bond acceptors (Lipinski definition) is 3. The number of nitrogens with zero attached hydrogens (tertiary/aromatic N) is 1. The van der Waals surface area contributed by atoms with Crippen molar-refractivity contribution in [2.75, 3.05) is 4.90 Å². The van der Waals surface area contributed by atoms with Crippen molar-refractivity contribution in [1.82, 2.24) is 0 Å². The average molecular weight is 454 g/mol. The zero-order valence-electron chi connectivity index (χ0n) is 19.4. The predicted molar refractivity (Wildman–Crippen MR) is 145 cm³/mol. The Morgan fingerprint density at radius 1 is 0.714 bits per heavy atom. The van der Waals surface area contributed by atoms with Crippen molar-refractivity contribution in [2.24, 2.45) is 0 Å². The van der Waals surface area contributed by atoms with E-state index in [0.29, 0.717) is 5.75 Å². The molecular formula is C32H23NO2. The lowest BCUT2D eigenvalue weighted by Crippen LogP contribution is -2.11. The summed E-state index contributed by atoms with van der Waals surface area (Å²) < 4.78 is 5.30. The maximum absolute atomic E-state index is 11.6. The van der Waals surface area contributed by atoms with Crippen LogP contribution in [-0.4, -0.2) is 5.97 Å². The summed E-state index contributed by atoms with van der Waals surface area (Å²) in [5, 5.41) is 7.46. The van der Waals surface area contributed by atoms with Gasteiger partial charge in [-0.1, -0.05) is 72.8 Å². The molecule has 6 aromatic rings. The van der Waals surface area contributed by atoms with Gasteiger partial charge in [-0.05, 0) is 76.3 Å². The molecule has 0 spiro atoms. The number of carbonyl (C=O) groups is 1. The summed E-state index contributed by atoms with van der Waals surface area (Å²) in [6.45, 7) is 5.56. The van der Waals surface area contributed by atoms with Crippen LogP contribution in [0.2, 0.25) is 0 Å². The summed E-state index contributed by atoms with van der Waals surface area (Å²) in [6.07, 6.45) is 1.16. The molecule has 0 radical (unpaired) electrons. The topological polar surface area (TPSA) is 29.5 Å².